The summed E-state index contributed by atoms with van der Waals surface area (Å²) >= 11 is 0. The van der Waals surface area contributed by atoms with E-state index in [0.29, 0.717) is 0 Å². The molecule has 0 bridgehead atoms. The second-order valence-corrected chi connectivity index (χ2v) is 1.81. The van der Waals surface area contributed by atoms with E-state index in [1.165, 1.54) is 18.4 Å². The first-order chi connectivity index (χ1) is 4.31. The standard InChI is InChI=1S/C7H14.C2H6/c1-4-6-7(3)5-2;1-2/h6H,4-5H2,1-3H3;1-2H3/b7-6-;. The van der Waals surface area contributed by atoms with Gasteiger partial charge in [0.25, 0.3) is 0 Å². The van der Waals surface area contributed by atoms with Crippen LogP contribution in [0.25, 0.3) is 0 Å². The van der Waals surface area contributed by atoms with Crippen LogP contribution in [0.4, 0.5) is 0 Å². The quantitative estimate of drug-likeness (QED) is 0.496. The van der Waals surface area contributed by atoms with Crippen molar-refractivity contribution in [2.45, 2.75) is 47.5 Å². The van der Waals surface area contributed by atoms with Gasteiger partial charge >= 0.3 is 0 Å². The highest BCUT2D eigenvalue weighted by Gasteiger charge is 1.76. The Labute approximate surface area is 60.0 Å². The fourth-order valence-electron chi connectivity index (χ4n) is 0.493. The van der Waals surface area contributed by atoms with Crippen molar-refractivity contribution in [2.24, 2.45) is 0 Å². The van der Waals surface area contributed by atoms with Crippen LogP contribution >= 0.6 is 0 Å². The summed E-state index contributed by atoms with van der Waals surface area (Å²) < 4.78 is 0. The van der Waals surface area contributed by atoms with Crippen molar-refractivity contribution in [2.75, 3.05) is 0 Å². The summed E-state index contributed by atoms with van der Waals surface area (Å²) in [6.07, 6.45) is 4.65. The molecule has 0 heterocycles. The Balaban J connectivity index is 0. The zero-order chi connectivity index (χ0) is 7.70. The predicted octanol–water partition coefficient (Wildman–Crippen LogP) is 3.78. The SMILES string of the molecule is CC.CC/C=C(/C)CC. The molecule has 9 heavy (non-hydrogen) atoms. The van der Waals surface area contributed by atoms with Crippen LogP contribution in [0.15, 0.2) is 11.6 Å². The van der Waals surface area contributed by atoms with Crippen LogP contribution in [0.1, 0.15) is 47.5 Å². The van der Waals surface area contributed by atoms with Gasteiger partial charge in [-0.05, 0) is 19.8 Å². The maximum absolute atomic E-state index is 2.26. The molecule has 0 N–H and O–H groups in total. The molecule has 0 heteroatoms. The minimum atomic E-state index is 1.18. The van der Waals surface area contributed by atoms with Gasteiger partial charge in [-0.3, -0.25) is 0 Å². The zero-order valence-corrected chi connectivity index (χ0v) is 7.49. The molecule has 0 aliphatic heterocycles. The van der Waals surface area contributed by atoms with Crippen LogP contribution in [-0.2, 0) is 0 Å². The molecular weight excluding hydrogens is 108 g/mol. The lowest BCUT2D eigenvalue weighted by molar-refractivity contribution is 1.06. The maximum Gasteiger partial charge on any atom is -0.0352 e. The first-order valence-electron chi connectivity index (χ1n) is 3.96. The maximum atomic E-state index is 2.26. The van der Waals surface area contributed by atoms with Gasteiger partial charge in [-0.25, -0.2) is 0 Å². The van der Waals surface area contributed by atoms with Crippen molar-refractivity contribution in [1.82, 2.24) is 0 Å². The molecule has 0 amide bonds. The molecule has 56 valence electrons. The van der Waals surface area contributed by atoms with E-state index in [-0.39, 0.29) is 0 Å². The fraction of sp³-hybridized carbons (Fsp3) is 0.778. The molecule has 0 aliphatic carbocycles. The lowest BCUT2D eigenvalue weighted by Gasteiger charge is -1.88. The second kappa shape index (κ2) is 10.7. The third-order valence-electron chi connectivity index (χ3n) is 1.11. The van der Waals surface area contributed by atoms with E-state index >= 15 is 0 Å². The highest BCUT2D eigenvalue weighted by molar-refractivity contribution is 4.95. The largest absolute Gasteiger partial charge is 0.0859 e. The summed E-state index contributed by atoms with van der Waals surface area (Å²) in [5.41, 5.74) is 1.50. The normalized spacial score (nSPS) is 10.1. The molecule has 0 nitrogen and oxygen atoms in total. The van der Waals surface area contributed by atoms with E-state index in [4.69, 9.17) is 0 Å². The summed E-state index contributed by atoms with van der Waals surface area (Å²) in [6.45, 7) is 10.5. The molecule has 0 rings (SSSR count). The van der Waals surface area contributed by atoms with E-state index < -0.39 is 0 Å². The molecule has 0 fully saturated rings. The van der Waals surface area contributed by atoms with E-state index in [0.717, 1.165) is 0 Å². The second-order valence-electron chi connectivity index (χ2n) is 1.81. The Bertz CT molecular complexity index is 60.4. The van der Waals surface area contributed by atoms with Crippen molar-refractivity contribution in [3.8, 4) is 0 Å². The molecule has 0 aromatic heterocycles. The van der Waals surface area contributed by atoms with Gasteiger partial charge in [0.05, 0.1) is 0 Å². The number of hydrogen-bond acceptors (Lipinski definition) is 0. The molecular formula is C9H20. The summed E-state index contributed by atoms with van der Waals surface area (Å²) in [5, 5.41) is 0. The smallest absolute Gasteiger partial charge is 0.0352 e. The van der Waals surface area contributed by atoms with Crippen LogP contribution < -0.4 is 0 Å². The van der Waals surface area contributed by atoms with Crippen molar-refractivity contribution < 1.29 is 0 Å². The van der Waals surface area contributed by atoms with Crippen LogP contribution in [0, 0.1) is 0 Å². The molecule has 0 saturated heterocycles. The number of allylic oxidation sites excluding steroid dienone is 2. The van der Waals surface area contributed by atoms with Crippen LogP contribution in [0.3, 0.4) is 0 Å². The minimum Gasteiger partial charge on any atom is -0.0859 e. The minimum absolute atomic E-state index is 1.18. The third-order valence-corrected chi connectivity index (χ3v) is 1.11. The van der Waals surface area contributed by atoms with Gasteiger partial charge in [0.1, 0.15) is 0 Å². The molecule has 0 aromatic rings. The summed E-state index contributed by atoms with van der Waals surface area (Å²) in [4.78, 5) is 0. The van der Waals surface area contributed by atoms with Crippen molar-refractivity contribution in [3.05, 3.63) is 11.6 Å². The Kier molecular flexibility index (Phi) is 13.7. The van der Waals surface area contributed by atoms with Crippen molar-refractivity contribution >= 4 is 0 Å². The zero-order valence-electron chi connectivity index (χ0n) is 7.49. The summed E-state index contributed by atoms with van der Waals surface area (Å²) in [5.74, 6) is 0. The fourth-order valence-corrected chi connectivity index (χ4v) is 0.493. The Morgan fingerprint density at radius 3 is 1.78 bits per heavy atom. The molecule has 0 saturated carbocycles. The Hall–Kier alpha value is -0.260. The van der Waals surface area contributed by atoms with Crippen LogP contribution in [-0.4, -0.2) is 0 Å². The Morgan fingerprint density at radius 2 is 1.67 bits per heavy atom. The summed E-state index contributed by atoms with van der Waals surface area (Å²) in [6, 6.07) is 0. The first-order valence-corrected chi connectivity index (χ1v) is 3.96. The Morgan fingerprint density at radius 1 is 1.22 bits per heavy atom. The number of rotatable bonds is 2. The van der Waals surface area contributed by atoms with Gasteiger partial charge in [0.15, 0.2) is 0 Å². The van der Waals surface area contributed by atoms with Crippen LogP contribution in [0.2, 0.25) is 0 Å². The molecule has 0 unspecified atom stereocenters. The topological polar surface area (TPSA) is 0 Å². The van der Waals surface area contributed by atoms with E-state index in [9.17, 15) is 0 Å². The van der Waals surface area contributed by atoms with Gasteiger partial charge in [0, 0.05) is 0 Å². The van der Waals surface area contributed by atoms with Gasteiger partial charge in [0.2, 0.25) is 0 Å². The van der Waals surface area contributed by atoms with Crippen molar-refractivity contribution in [1.29, 1.82) is 0 Å². The molecule has 0 radical (unpaired) electrons. The summed E-state index contributed by atoms with van der Waals surface area (Å²) in [7, 11) is 0. The average molecular weight is 128 g/mol. The van der Waals surface area contributed by atoms with Crippen LogP contribution in [0.5, 0.6) is 0 Å². The van der Waals surface area contributed by atoms with E-state index in [2.05, 4.69) is 26.8 Å². The van der Waals surface area contributed by atoms with E-state index in [1.807, 2.05) is 13.8 Å². The first kappa shape index (κ1) is 11.5. The third kappa shape index (κ3) is 11.4. The average Bonchev–Trinajstić information content (AvgIpc) is 1.93. The van der Waals surface area contributed by atoms with E-state index in [1.54, 1.807) is 0 Å². The van der Waals surface area contributed by atoms with Gasteiger partial charge in [-0.2, -0.15) is 0 Å². The van der Waals surface area contributed by atoms with Crippen molar-refractivity contribution in [3.63, 3.8) is 0 Å². The molecule has 0 aliphatic rings. The van der Waals surface area contributed by atoms with Gasteiger partial charge in [-0.1, -0.05) is 39.3 Å². The molecule has 0 spiro atoms. The lowest BCUT2D eigenvalue weighted by Crippen LogP contribution is -1.67. The number of hydrogen-bond donors (Lipinski definition) is 0. The molecule has 0 aromatic carbocycles. The highest BCUT2D eigenvalue weighted by atomic mass is 13.8. The predicted molar refractivity (Wildman–Crippen MR) is 45.7 cm³/mol. The highest BCUT2D eigenvalue weighted by Crippen LogP contribution is 1.97. The van der Waals surface area contributed by atoms with Gasteiger partial charge in [-0.15, -0.1) is 0 Å². The van der Waals surface area contributed by atoms with Gasteiger partial charge < -0.3 is 0 Å². The monoisotopic (exact) mass is 128 g/mol. The molecule has 0 atom stereocenters. The lowest BCUT2D eigenvalue weighted by atomic mass is 10.2.